The summed E-state index contributed by atoms with van der Waals surface area (Å²) in [6.07, 6.45) is -0.174. The van der Waals surface area contributed by atoms with Crippen molar-refractivity contribution in [3.8, 4) is 11.3 Å². The molecule has 0 radical (unpaired) electrons. The van der Waals surface area contributed by atoms with E-state index in [9.17, 15) is 18.0 Å². The summed E-state index contributed by atoms with van der Waals surface area (Å²) >= 11 is 0. The zero-order chi connectivity index (χ0) is 20.1. The number of nitrogens with one attached hydrogen (secondary N) is 1. The van der Waals surface area contributed by atoms with E-state index in [2.05, 4.69) is 10.4 Å². The largest absolute Gasteiger partial charge is 0.325 e. The molecule has 0 saturated heterocycles. The number of hydrogen-bond donors (Lipinski definition) is 1. The van der Waals surface area contributed by atoms with Gasteiger partial charge >= 0.3 is 0 Å². The topological polar surface area (TPSA) is 98.1 Å². The minimum absolute atomic E-state index is 0.174. The van der Waals surface area contributed by atoms with Crippen molar-refractivity contribution in [2.45, 2.75) is 11.3 Å². The first-order valence-electron chi connectivity index (χ1n) is 8.58. The van der Waals surface area contributed by atoms with Gasteiger partial charge < -0.3 is 5.32 Å². The second-order valence-electron chi connectivity index (χ2n) is 6.16. The summed E-state index contributed by atoms with van der Waals surface area (Å²) in [5, 5.41) is 6.93. The molecule has 28 heavy (non-hydrogen) atoms. The Morgan fingerprint density at radius 2 is 1.68 bits per heavy atom. The number of anilines is 1. The predicted molar refractivity (Wildman–Crippen MR) is 107 cm³/mol. The van der Waals surface area contributed by atoms with E-state index in [-0.39, 0.29) is 22.6 Å². The number of benzene rings is 2. The molecule has 8 heteroatoms. The first kappa shape index (κ1) is 19.5. The highest BCUT2D eigenvalue weighted by Gasteiger charge is 2.17. The molecule has 0 atom stereocenters. The van der Waals surface area contributed by atoms with Crippen LogP contribution in [0, 0.1) is 0 Å². The highest BCUT2D eigenvalue weighted by Crippen LogP contribution is 2.25. The van der Waals surface area contributed by atoms with Gasteiger partial charge in [-0.2, -0.15) is 5.10 Å². The van der Waals surface area contributed by atoms with Crippen LogP contribution in [-0.2, 0) is 21.7 Å². The van der Waals surface area contributed by atoms with Crippen LogP contribution in [0.4, 0.5) is 5.69 Å². The van der Waals surface area contributed by atoms with Crippen molar-refractivity contribution in [1.29, 1.82) is 0 Å². The normalized spacial score (nSPS) is 11.2. The molecule has 0 fully saturated rings. The molecule has 1 N–H and O–H groups in total. The van der Waals surface area contributed by atoms with Crippen LogP contribution in [0.1, 0.15) is 6.42 Å². The quantitative estimate of drug-likeness (QED) is 0.688. The fraction of sp³-hybridized carbons (Fsp3) is 0.150. The Labute approximate surface area is 162 Å². The van der Waals surface area contributed by atoms with Crippen LogP contribution in [0.3, 0.4) is 0 Å². The summed E-state index contributed by atoms with van der Waals surface area (Å²) in [6, 6.07) is 18.0. The third kappa shape index (κ3) is 4.52. The van der Waals surface area contributed by atoms with Crippen molar-refractivity contribution in [2.75, 3.05) is 11.1 Å². The molecule has 7 nitrogen and oxygen atoms in total. The summed E-state index contributed by atoms with van der Waals surface area (Å²) < 4.78 is 25.9. The smallest absolute Gasteiger partial charge is 0.266 e. The number of aromatic nitrogens is 2. The van der Waals surface area contributed by atoms with E-state index in [1.54, 1.807) is 55.6 Å². The molecular weight excluding hydrogens is 378 g/mol. The van der Waals surface area contributed by atoms with Gasteiger partial charge in [-0.1, -0.05) is 36.4 Å². The zero-order valence-electron chi connectivity index (χ0n) is 15.2. The van der Waals surface area contributed by atoms with Gasteiger partial charge in [0.15, 0.2) is 9.84 Å². The minimum Gasteiger partial charge on any atom is -0.325 e. The average Bonchev–Trinajstić information content (AvgIpc) is 2.70. The SMILES string of the molecule is Cn1nc(-c2ccccc2NC(=O)CCS(=O)(=O)c2ccccc2)ccc1=O. The molecule has 0 saturated carbocycles. The lowest BCUT2D eigenvalue weighted by Crippen LogP contribution is -2.19. The Morgan fingerprint density at radius 3 is 2.39 bits per heavy atom. The number of aryl methyl sites for hydroxylation is 1. The lowest BCUT2D eigenvalue weighted by Gasteiger charge is -2.11. The molecule has 0 spiro atoms. The molecule has 3 aromatic rings. The summed E-state index contributed by atoms with van der Waals surface area (Å²) in [5.74, 6) is -0.708. The van der Waals surface area contributed by atoms with E-state index in [0.29, 0.717) is 16.9 Å². The van der Waals surface area contributed by atoms with Crippen LogP contribution in [0.2, 0.25) is 0 Å². The number of rotatable bonds is 6. The zero-order valence-corrected chi connectivity index (χ0v) is 16.0. The second-order valence-corrected chi connectivity index (χ2v) is 8.27. The maximum absolute atomic E-state index is 12.3. The predicted octanol–water partition coefficient (Wildman–Crippen LogP) is 2.25. The number of nitrogens with zero attached hydrogens (tertiary/aromatic N) is 2. The number of carbonyl (C=O) groups is 1. The van der Waals surface area contributed by atoms with Crippen molar-refractivity contribution >= 4 is 21.4 Å². The average molecular weight is 397 g/mol. The minimum atomic E-state index is -3.53. The van der Waals surface area contributed by atoms with E-state index < -0.39 is 15.7 Å². The van der Waals surface area contributed by atoms with Gasteiger partial charge in [0.25, 0.3) is 5.56 Å². The number of amides is 1. The Kier molecular flexibility index (Phi) is 5.70. The Hall–Kier alpha value is -3.26. The van der Waals surface area contributed by atoms with Crippen LogP contribution in [-0.4, -0.2) is 29.9 Å². The fourth-order valence-corrected chi connectivity index (χ4v) is 3.91. The second kappa shape index (κ2) is 8.18. The Balaban J connectivity index is 1.75. The molecule has 0 aliphatic rings. The lowest BCUT2D eigenvalue weighted by molar-refractivity contribution is -0.115. The third-order valence-electron chi connectivity index (χ3n) is 4.14. The summed E-state index contributed by atoms with van der Waals surface area (Å²) in [5.41, 5.74) is 1.42. The highest BCUT2D eigenvalue weighted by molar-refractivity contribution is 7.91. The number of sulfone groups is 1. The monoisotopic (exact) mass is 397 g/mol. The Bertz CT molecular complexity index is 1160. The molecule has 1 heterocycles. The fourth-order valence-electron chi connectivity index (χ4n) is 2.65. The van der Waals surface area contributed by atoms with E-state index in [1.165, 1.54) is 22.9 Å². The van der Waals surface area contributed by atoms with Gasteiger partial charge in [0.2, 0.25) is 5.91 Å². The van der Waals surface area contributed by atoms with E-state index in [4.69, 9.17) is 0 Å². The molecule has 1 aromatic heterocycles. The van der Waals surface area contributed by atoms with Crippen LogP contribution < -0.4 is 10.9 Å². The maximum Gasteiger partial charge on any atom is 0.266 e. The van der Waals surface area contributed by atoms with E-state index in [1.807, 2.05) is 0 Å². The van der Waals surface area contributed by atoms with Crippen molar-refractivity contribution in [2.24, 2.45) is 7.05 Å². The Morgan fingerprint density at radius 1 is 1.00 bits per heavy atom. The van der Waals surface area contributed by atoms with Gasteiger partial charge in [0.05, 0.1) is 22.0 Å². The van der Waals surface area contributed by atoms with Crippen molar-refractivity contribution in [3.05, 3.63) is 77.1 Å². The van der Waals surface area contributed by atoms with Crippen LogP contribution in [0.15, 0.2) is 76.4 Å². The van der Waals surface area contributed by atoms with Crippen LogP contribution >= 0.6 is 0 Å². The van der Waals surface area contributed by atoms with Crippen LogP contribution in [0.5, 0.6) is 0 Å². The van der Waals surface area contributed by atoms with Gasteiger partial charge in [-0.3, -0.25) is 9.59 Å². The van der Waals surface area contributed by atoms with Crippen molar-refractivity contribution in [3.63, 3.8) is 0 Å². The first-order valence-corrected chi connectivity index (χ1v) is 10.2. The molecule has 3 rings (SSSR count). The van der Waals surface area contributed by atoms with E-state index in [0.717, 1.165) is 0 Å². The van der Waals surface area contributed by atoms with E-state index >= 15 is 0 Å². The molecule has 2 aromatic carbocycles. The van der Waals surface area contributed by atoms with Gasteiger partial charge in [-0.05, 0) is 24.3 Å². The molecule has 0 aliphatic heterocycles. The van der Waals surface area contributed by atoms with Gasteiger partial charge in [0, 0.05) is 25.1 Å². The van der Waals surface area contributed by atoms with Gasteiger partial charge in [-0.25, -0.2) is 13.1 Å². The number of hydrogen-bond acceptors (Lipinski definition) is 5. The summed E-state index contributed by atoms with van der Waals surface area (Å²) in [4.78, 5) is 24.1. The third-order valence-corrected chi connectivity index (χ3v) is 5.87. The van der Waals surface area contributed by atoms with Gasteiger partial charge in [0.1, 0.15) is 0 Å². The molecule has 144 valence electrons. The van der Waals surface area contributed by atoms with Gasteiger partial charge in [-0.15, -0.1) is 0 Å². The summed E-state index contributed by atoms with van der Waals surface area (Å²) in [7, 11) is -1.99. The maximum atomic E-state index is 12.3. The standard InChI is InChI=1S/C20H19N3O4S/c1-23-20(25)12-11-18(22-23)16-9-5-6-10-17(16)21-19(24)13-14-28(26,27)15-7-3-2-4-8-15/h2-12H,13-14H2,1H3,(H,21,24). The molecule has 0 unspecified atom stereocenters. The molecule has 1 amide bonds. The first-order chi connectivity index (χ1) is 13.4. The molecule has 0 aliphatic carbocycles. The van der Waals surface area contributed by atoms with Crippen LogP contribution in [0.25, 0.3) is 11.3 Å². The molecular formula is C20H19N3O4S. The summed E-state index contributed by atoms with van der Waals surface area (Å²) in [6.45, 7) is 0. The number of carbonyl (C=O) groups excluding carboxylic acids is 1. The van der Waals surface area contributed by atoms with Crippen molar-refractivity contribution < 1.29 is 13.2 Å². The molecule has 0 bridgehead atoms. The lowest BCUT2D eigenvalue weighted by atomic mass is 10.1. The van der Waals surface area contributed by atoms with Crippen molar-refractivity contribution in [1.82, 2.24) is 9.78 Å². The highest BCUT2D eigenvalue weighted by atomic mass is 32.2. The number of para-hydroxylation sites is 1.